The summed E-state index contributed by atoms with van der Waals surface area (Å²) in [6.45, 7) is 0. The lowest BCUT2D eigenvalue weighted by Crippen LogP contribution is -2.07. The molecule has 1 aliphatic carbocycles. The number of carboxylic acids is 1. The van der Waals surface area contributed by atoms with E-state index in [0.717, 1.165) is 12.8 Å². The maximum atomic E-state index is 10.9. The Kier molecular flexibility index (Phi) is 2.62. The van der Waals surface area contributed by atoms with E-state index >= 15 is 0 Å². The monoisotopic (exact) mass is 248 g/mol. The second-order valence-corrected chi connectivity index (χ2v) is 4.42. The fourth-order valence-electron chi connectivity index (χ4n) is 1.86. The first-order valence-corrected chi connectivity index (χ1v) is 5.82. The first-order valence-electron chi connectivity index (χ1n) is 5.82. The molecule has 1 N–H and O–H groups in total. The van der Waals surface area contributed by atoms with Crippen LogP contribution in [-0.4, -0.2) is 21.3 Å². The normalized spacial score (nSPS) is 16.7. The van der Waals surface area contributed by atoms with E-state index in [-0.39, 0.29) is 6.42 Å². The van der Waals surface area contributed by atoms with Crippen molar-refractivity contribution in [1.29, 1.82) is 0 Å². The molecule has 2 aromatic rings. The second-order valence-electron chi connectivity index (χ2n) is 4.42. The molecule has 18 heavy (non-hydrogen) atoms. The largest absolute Gasteiger partial charge is 0.481 e. The highest BCUT2D eigenvalue weighted by molar-refractivity contribution is 5.68. The minimum Gasteiger partial charge on any atom is -0.481 e. The fourth-order valence-corrected chi connectivity index (χ4v) is 1.86. The molecule has 2 heterocycles. The van der Waals surface area contributed by atoms with Gasteiger partial charge in [-0.25, -0.2) is 0 Å². The highest BCUT2D eigenvalue weighted by atomic mass is 16.4. The molecule has 0 radical (unpaired) electrons. The van der Waals surface area contributed by atoms with Crippen molar-refractivity contribution >= 4 is 5.97 Å². The zero-order valence-electron chi connectivity index (χ0n) is 9.57. The first kappa shape index (κ1) is 11.0. The van der Waals surface area contributed by atoms with Gasteiger partial charge in [0.1, 0.15) is 11.7 Å². The van der Waals surface area contributed by atoms with Crippen LogP contribution in [0.3, 0.4) is 0 Å². The molecule has 1 saturated carbocycles. The van der Waals surface area contributed by atoms with Crippen LogP contribution < -0.4 is 0 Å². The summed E-state index contributed by atoms with van der Waals surface area (Å²) >= 11 is 0. The summed E-state index contributed by atoms with van der Waals surface area (Å²) in [4.78, 5) is 10.9. The lowest BCUT2D eigenvalue weighted by atomic mass is 10.0. The number of aliphatic carboxylic acids is 1. The van der Waals surface area contributed by atoms with Gasteiger partial charge in [-0.1, -0.05) is 0 Å². The molecule has 1 unspecified atom stereocenters. The highest BCUT2D eigenvalue weighted by Crippen LogP contribution is 2.40. The third kappa shape index (κ3) is 2.13. The number of rotatable bonds is 5. The molecular formula is C12H12N2O4. The summed E-state index contributed by atoms with van der Waals surface area (Å²) in [5.41, 5.74) is 0. The maximum absolute atomic E-state index is 10.9. The summed E-state index contributed by atoms with van der Waals surface area (Å²) in [6.07, 6.45) is 3.50. The van der Waals surface area contributed by atoms with Crippen molar-refractivity contribution in [3.63, 3.8) is 0 Å². The Hall–Kier alpha value is -2.11. The van der Waals surface area contributed by atoms with Gasteiger partial charge < -0.3 is 13.9 Å². The van der Waals surface area contributed by atoms with Crippen LogP contribution in [0.4, 0.5) is 0 Å². The smallest absolute Gasteiger partial charge is 0.304 e. The van der Waals surface area contributed by atoms with Gasteiger partial charge in [0.15, 0.2) is 0 Å². The Morgan fingerprint density at radius 3 is 2.94 bits per heavy atom. The molecule has 94 valence electrons. The molecule has 1 aliphatic rings. The van der Waals surface area contributed by atoms with Crippen molar-refractivity contribution in [2.75, 3.05) is 0 Å². The van der Waals surface area contributed by atoms with E-state index in [2.05, 4.69) is 10.2 Å². The zero-order chi connectivity index (χ0) is 12.5. The molecule has 6 heteroatoms. The van der Waals surface area contributed by atoms with Gasteiger partial charge >= 0.3 is 5.97 Å². The molecule has 0 aromatic carbocycles. The van der Waals surface area contributed by atoms with Gasteiger partial charge in [0.05, 0.1) is 12.7 Å². The third-order valence-corrected chi connectivity index (χ3v) is 2.95. The predicted molar refractivity (Wildman–Crippen MR) is 59.1 cm³/mol. The third-order valence-electron chi connectivity index (χ3n) is 2.95. The Labute approximate surface area is 103 Å². The number of aromatic nitrogens is 2. The molecular weight excluding hydrogens is 236 g/mol. The Bertz CT molecular complexity index is 542. The number of carboxylic acid groups (broad SMARTS) is 1. The van der Waals surface area contributed by atoms with E-state index in [4.69, 9.17) is 13.9 Å². The van der Waals surface area contributed by atoms with Gasteiger partial charge in [-0.2, -0.15) is 0 Å². The van der Waals surface area contributed by atoms with E-state index in [1.165, 1.54) is 6.26 Å². The minimum absolute atomic E-state index is 0.125. The predicted octanol–water partition coefficient (Wildman–Crippen LogP) is 2.15. The summed E-state index contributed by atoms with van der Waals surface area (Å²) in [7, 11) is 0. The maximum Gasteiger partial charge on any atom is 0.304 e. The van der Waals surface area contributed by atoms with Crippen LogP contribution in [0.25, 0.3) is 0 Å². The van der Waals surface area contributed by atoms with Crippen molar-refractivity contribution in [2.45, 2.75) is 31.1 Å². The van der Waals surface area contributed by atoms with Crippen LogP contribution in [0.15, 0.2) is 27.2 Å². The number of furan rings is 1. The van der Waals surface area contributed by atoms with Crippen LogP contribution in [-0.2, 0) is 4.79 Å². The van der Waals surface area contributed by atoms with E-state index in [0.29, 0.717) is 23.5 Å². The molecule has 0 saturated heterocycles. The van der Waals surface area contributed by atoms with Crippen molar-refractivity contribution in [3.05, 3.63) is 35.9 Å². The van der Waals surface area contributed by atoms with Crippen LogP contribution in [0, 0.1) is 0 Å². The SMILES string of the molecule is O=C(O)CC(c1ccco1)c1nnc(C2CC2)o1. The van der Waals surface area contributed by atoms with Gasteiger partial charge in [0.2, 0.25) is 11.8 Å². The molecule has 1 fully saturated rings. The standard InChI is InChI=1S/C12H12N2O4/c15-10(16)6-8(9-2-1-5-17-9)12-14-13-11(18-12)7-3-4-7/h1-2,5,7-8H,3-4,6H2,(H,15,16). The van der Waals surface area contributed by atoms with Crippen molar-refractivity contribution < 1.29 is 18.7 Å². The van der Waals surface area contributed by atoms with Crippen LogP contribution in [0.5, 0.6) is 0 Å². The van der Waals surface area contributed by atoms with Gasteiger partial charge in [-0.05, 0) is 25.0 Å². The van der Waals surface area contributed by atoms with E-state index < -0.39 is 11.9 Å². The lowest BCUT2D eigenvalue weighted by Gasteiger charge is -2.06. The number of carbonyl (C=O) groups is 1. The van der Waals surface area contributed by atoms with Gasteiger partial charge in [0, 0.05) is 5.92 Å². The quantitative estimate of drug-likeness (QED) is 0.871. The highest BCUT2D eigenvalue weighted by Gasteiger charge is 2.32. The minimum atomic E-state index is -0.928. The number of hydrogen-bond acceptors (Lipinski definition) is 5. The molecule has 3 rings (SSSR count). The summed E-state index contributed by atoms with van der Waals surface area (Å²) < 4.78 is 10.8. The molecule has 0 spiro atoms. The molecule has 0 bridgehead atoms. The average molecular weight is 248 g/mol. The zero-order valence-corrected chi connectivity index (χ0v) is 9.57. The Morgan fingerprint density at radius 1 is 1.50 bits per heavy atom. The second kappa shape index (κ2) is 4.29. The van der Waals surface area contributed by atoms with Gasteiger partial charge in [0.25, 0.3) is 0 Å². The topological polar surface area (TPSA) is 89.4 Å². The van der Waals surface area contributed by atoms with Crippen molar-refractivity contribution in [1.82, 2.24) is 10.2 Å². The molecule has 0 aliphatic heterocycles. The van der Waals surface area contributed by atoms with E-state index in [9.17, 15) is 4.79 Å². The van der Waals surface area contributed by atoms with Crippen LogP contribution in [0.1, 0.15) is 48.6 Å². The van der Waals surface area contributed by atoms with Crippen molar-refractivity contribution in [2.24, 2.45) is 0 Å². The van der Waals surface area contributed by atoms with Crippen LogP contribution in [0.2, 0.25) is 0 Å². The summed E-state index contributed by atoms with van der Waals surface area (Å²) in [5.74, 6) is 0.359. The molecule has 6 nitrogen and oxygen atoms in total. The van der Waals surface area contributed by atoms with Gasteiger partial charge in [-0.3, -0.25) is 4.79 Å². The molecule has 0 amide bonds. The van der Waals surface area contributed by atoms with Gasteiger partial charge in [-0.15, -0.1) is 10.2 Å². The number of hydrogen-bond donors (Lipinski definition) is 1. The van der Waals surface area contributed by atoms with Crippen molar-refractivity contribution in [3.8, 4) is 0 Å². The first-order chi connectivity index (χ1) is 8.74. The van der Waals surface area contributed by atoms with E-state index in [1.807, 2.05) is 0 Å². The van der Waals surface area contributed by atoms with Crippen LogP contribution >= 0.6 is 0 Å². The summed E-state index contributed by atoms with van der Waals surface area (Å²) in [6, 6.07) is 3.43. The Morgan fingerprint density at radius 2 is 2.33 bits per heavy atom. The van der Waals surface area contributed by atoms with E-state index in [1.54, 1.807) is 12.1 Å². The summed E-state index contributed by atoms with van der Waals surface area (Å²) in [5, 5.41) is 16.9. The molecule has 1 atom stereocenters. The Balaban J connectivity index is 1.88. The lowest BCUT2D eigenvalue weighted by molar-refractivity contribution is -0.137. The number of nitrogens with zero attached hydrogens (tertiary/aromatic N) is 2. The average Bonchev–Trinajstić information content (AvgIpc) is 2.89. The molecule has 2 aromatic heterocycles. The fraction of sp³-hybridized carbons (Fsp3) is 0.417.